The van der Waals surface area contributed by atoms with Gasteiger partial charge in [-0.15, -0.1) is 0 Å². The zero-order valence-corrected chi connectivity index (χ0v) is 47.5. The van der Waals surface area contributed by atoms with Crippen LogP contribution in [0.1, 0.15) is 158 Å². The van der Waals surface area contributed by atoms with Crippen LogP contribution >= 0.6 is 0 Å². The fourth-order valence-electron chi connectivity index (χ4n) is 12.0. The Morgan fingerprint density at radius 3 is 1.10 bits per heavy atom. The molecular weight excluding hydrogens is 1000 g/mol. The summed E-state index contributed by atoms with van der Waals surface area (Å²) in [5.74, 6) is 3.23. The number of carbonyl (C=O) groups excluding carboxylic acids is 1. The highest BCUT2D eigenvalue weighted by atomic mass is 16.5. The van der Waals surface area contributed by atoms with Gasteiger partial charge in [0.15, 0.2) is 34.9 Å². The van der Waals surface area contributed by atoms with Crippen molar-refractivity contribution in [3.05, 3.63) is 154 Å². The maximum absolute atomic E-state index is 12.6. The Morgan fingerprint density at radius 1 is 0.444 bits per heavy atom. The summed E-state index contributed by atoms with van der Waals surface area (Å²) in [6.45, 7) is 12.6. The van der Waals surface area contributed by atoms with Crippen LogP contribution in [0.4, 0.5) is 0 Å². The van der Waals surface area contributed by atoms with Crippen LogP contribution < -0.4 is 4.74 Å². The van der Waals surface area contributed by atoms with E-state index in [9.17, 15) is 20.1 Å². The van der Waals surface area contributed by atoms with E-state index < -0.39 is 0 Å². The number of phenols is 3. The van der Waals surface area contributed by atoms with Gasteiger partial charge in [-0.1, -0.05) is 97.5 Å². The molecular formula is C70H80N6O5. The van der Waals surface area contributed by atoms with Gasteiger partial charge in [-0.25, -0.2) is 29.9 Å². The lowest BCUT2D eigenvalue weighted by molar-refractivity contribution is -0.135. The molecule has 0 bridgehead atoms. The van der Waals surface area contributed by atoms with Crippen LogP contribution in [0.3, 0.4) is 0 Å². The SMILES string of the molecule is C.CC.CC(CC(=O)Oc1ccc(-c2nc(-c3ccc4c(c3)CCCC4)nc(-c3ccc4c(c3)CCCC4)n2)c(O)c1)CC(C)(C)C.Oc1ccc(-c2nc(-c3ccc4c(c3)CCCC4)nc(-c3ccc4c(c3)CCCC4)n2)c(O)c1. The van der Waals surface area contributed by atoms with E-state index >= 15 is 0 Å². The molecule has 81 heavy (non-hydrogen) atoms. The Hall–Kier alpha value is -7.79. The fourth-order valence-corrected chi connectivity index (χ4v) is 12.0. The normalized spacial score (nSPS) is 14.6. The van der Waals surface area contributed by atoms with E-state index in [1.165, 1.54) is 114 Å². The number of esters is 1. The number of aromatic hydroxyl groups is 3. The lowest BCUT2D eigenvalue weighted by Crippen LogP contribution is -2.17. The number of benzene rings is 6. The number of hydrogen-bond donors (Lipinski definition) is 3. The van der Waals surface area contributed by atoms with Crippen molar-refractivity contribution in [2.45, 2.75) is 165 Å². The van der Waals surface area contributed by atoms with E-state index in [0.717, 1.165) is 80.0 Å². The summed E-state index contributed by atoms with van der Waals surface area (Å²) in [6.07, 6.45) is 19.7. The summed E-state index contributed by atoms with van der Waals surface area (Å²) >= 11 is 0. The molecule has 1 atom stereocenters. The number of rotatable bonds is 10. The second-order valence-electron chi connectivity index (χ2n) is 23.3. The minimum absolute atomic E-state index is 0. The highest BCUT2D eigenvalue weighted by Gasteiger charge is 2.23. The number of aromatic nitrogens is 6. The van der Waals surface area contributed by atoms with E-state index in [1.807, 2.05) is 13.8 Å². The average Bonchev–Trinajstić information content (AvgIpc) is 3.66. The predicted molar refractivity (Wildman–Crippen MR) is 325 cm³/mol. The zero-order chi connectivity index (χ0) is 55.9. The van der Waals surface area contributed by atoms with E-state index in [0.29, 0.717) is 58.2 Å². The molecule has 0 amide bonds. The van der Waals surface area contributed by atoms with Gasteiger partial charge in [0.1, 0.15) is 23.0 Å². The quantitative estimate of drug-likeness (QED) is 0.0882. The molecule has 12 rings (SSSR count). The number of fused-ring (bicyclic) bond motifs is 4. The van der Waals surface area contributed by atoms with Crippen molar-refractivity contribution in [3.8, 4) is 91.3 Å². The van der Waals surface area contributed by atoms with Crippen molar-refractivity contribution in [3.63, 3.8) is 0 Å². The molecule has 420 valence electrons. The summed E-state index contributed by atoms with van der Waals surface area (Å²) < 4.78 is 5.61. The van der Waals surface area contributed by atoms with Crippen molar-refractivity contribution < 1.29 is 24.9 Å². The third kappa shape index (κ3) is 14.0. The lowest BCUT2D eigenvalue weighted by atomic mass is 9.84. The number of carbonyl (C=O) groups is 1. The monoisotopic (exact) mass is 1080 g/mol. The standard InChI is InChI=1S/C38H43N3O3.C29H27N3O2.C2H6.CH4/c1-24(23-38(2,3)4)19-34(43)44-31-17-18-32(33(42)22-31)37-40-35(29-15-13-25-9-5-7-11-27(25)20-29)39-36(41-37)30-16-14-26-10-6-8-12-28(26)21-30;33-24-13-14-25(26(34)17-24)29-31-27(22-11-9-18-5-1-3-7-20(18)15-22)30-28(32-29)23-12-10-19-6-2-4-8-21(19)16-23;1-2;/h13-18,20-22,24,42H,5-12,19,23H2,1-4H3;9-17,33-34H,1-8H2;1-2H3;1H4. The lowest BCUT2D eigenvalue weighted by Gasteiger charge is -2.22. The number of aryl methyl sites for hydroxylation is 8. The molecule has 4 aliphatic rings. The Balaban J connectivity index is 0.000000193. The molecule has 2 aromatic heterocycles. The van der Waals surface area contributed by atoms with Crippen LogP contribution in [-0.4, -0.2) is 51.2 Å². The molecule has 11 heteroatoms. The van der Waals surface area contributed by atoms with Crippen molar-refractivity contribution in [2.24, 2.45) is 11.3 Å². The Morgan fingerprint density at radius 2 is 0.765 bits per heavy atom. The van der Waals surface area contributed by atoms with E-state index in [4.69, 9.17) is 34.6 Å². The van der Waals surface area contributed by atoms with Gasteiger partial charge in [0.25, 0.3) is 0 Å². The third-order valence-corrected chi connectivity index (χ3v) is 15.8. The maximum Gasteiger partial charge on any atom is 0.311 e. The van der Waals surface area contributed by atoms with Gasteiger partial charge in [0.05, 0.1) is 11.1 Å². The van der Waals surface area contributed by atoms with Crippen LogP contribution in [0.25, 0.3) is 68.3 Å². The minimum Gasteiger partial charge on any atom is -0.508 e. The molecule has 0 saturated heterocycles. The first kappa shape index (κ1) is 57.9. The molecule has 2 heterocycles. The van der Waals surface area contributed by atoms with Crippen LogP contribution in [0.5, 0.6) is 23.0 Å². The summed E-state index contributed by atoms with van der Waals surface area (Å²) in [5.41, 5.74) is 16.0. The molecule has 6 aromatic carbocycles. The highest BCUT2D eigenvalue weighted by Crippen LogP contribution is 2.38. The highest BCUT2D eigenvalue weighted by molar-refractivity contribution is 5.76. The molecule has 4 aliphatic carbocycles. The Kier molecular flexibility index (Phi) is 18.4. The second kappa shape index (κ2) is 25.8. The molecule has 0 fully saturated rings. The maximum atomic E-state index is 12.6. The molecule has 0 aliphatic heterocycles. The fraction of sp³-hybridized carbons (Fsp3) is 0.386. The summed E-state index contributed by atoms with van der Waals surface area (Å²) in [7, 11) is 0. The predicted octanol–water partition coefficient (Wildman–Crippen LogP) is 16.4. The van der Waals surface area contributed by atoms with Gasteiger partial charge in [-0.05, 0) is 214 Å². The smallest absolute Gasteiger partial charge is 0.311 e. The van der Waals surface area contributed by atoms with Crippen LogP contribution in [0.15, 0.2) is 109 Å². The van der Waals surface area contributed by atoms with E-state index in [-0.39, 0.29) is 42.0 Å². The molecule has 3 N–H and O–H groups in total. The molecule has 0 saturated carbocycles. The third-order valence-electron chi connectivity index (χ3n) is 15.8. The molecule has 11 nitrogen and oxygen atoms in total. The van der Waals surface area contributed by atoms with Crippen LogP contribution in [0, 0.1) is 11.3 Å². The molecule has 1 unspecified atom stereocenters. The zero-order valence-electron chi connectivity index (χ0n) is 47.5. The van der Waals surface area contributed by atoms with Crippen LogP contribution in [-0.2, 0) is 56.2 Å². The first-order valence-electron chi connectivity index (χ1n) is 29.3. The molecule has 0 spiro atoms. The topological polar surface area (TPSA) is 164 Å². The molecule has 0 radical (unpaired) electrons. The number of phenolic OH excluding ortho intramolecular Hbond substituents is 3. The van der Waals surface area contributed by atoms with Gasteiger partial charge in [-0.3, -0.25) is 4.79 Å². The Labute approximate surface area is 479 Å². The van der Waals surface area contributed by atoms with Gasteiger partial charge in [0, 0.05) is 40.8 Å². The average molecular weight is 1090 g/mol. The van der Waals surface area contributed by atoms with Crippen molar-refractivity contribution in [1.82, 2.24) is 29.9 Å². The van der Waals surface area contributed by atoms with Crippen molar-refractivity contribution in [2.75, 3.05) is 0 Å². The first-order chi connectivity index (χ1) is 38.7. The minimum atomic E-state index is -0.307. The van der Waals surface area contributed by atoms with E-state index in [2.05, 4.69) is 100 Å². The van der Waals surface area contributed by atoms with Gasteiger partial charge < -0.3 is 20.1 Å². The van der Waals surface area contributed by atoms with Crippen molar-refractivity contribution >= 4 is 5.97 Å². The van der Waals surface area contributed by atoms with Crippen LogP contribution in [0.2, 0.25) is 0 Å². The number of nitrogens with zero attached hydrogens (tertiary/aromatic N) is 6. The largest absolute Gasteiger partial charge is 0.508 e. The number of ether oxygens (including phenoxy) is 1. The van der Waals surface area contributed by atoms with Gasteiger partial charge in [-0.2, -0.15) is 0 Å². The number of hydrogen-bond acceptors (Lipinski definition) is 11. The molecule has 8 aromatic rings. The van der Waals surface area contributed by atoms with E-state index in [1.54, 1.807) is 18.2 Å². The summed E-state index contributed by atoms with van der Waals surface area (Å²) in [5, 5.41) is 31.4. The first-order valence-corrected chi connectivity index (χ1v) is 29.3. The Bertz CT molecular complexity index is 3390. The second-order valence-corrected chi connectivity index (χ2v) is 23.3. The van der Waals surface area contributed by atoms with Gasteiger partial charge >= 0.3 is 5.97 Å². The van der Waals surface area contributed by atoms with Gasteiger partial charge in [0.2, 0.25) is 0 Å². The summed E-state index contributed by atoms with van der Waals surface area (Å²) in [4.78, 5) is 41.8. The summed E-state index contributed by atoms with van der Waals surface area (Å²) in [6, 6.07) is 35.4. The van der Waals surface area contributed by atoms with Crippen molar-refractivity contribution in [1.29, 1.82) is 0 Å².